The number of unbranched alkanes of at least 4 members (excludes halogenated alkanes) is 2. The van der Waals surface area contributed by atoms with E-state index in [-0.39, 0.29) is 17.6 Å². The van der Waals surface area contributed by atoms with Gasteiger partial charge in [-0.3, -0.25) is 4.79 Å². The molecule has 2 unspecified atom stereocenters. The van der Waals surface area contributed by atoms with Crippen LogP contribution in [0.2, 0.25) is 0 Å². The fraction of sp³-hybridized carbons (Fsp3) is 0.667. The minimum absolute atomic E-state index is 0.0380. The van der Waals surface area contributed by atoms with Crippen LogP contribution in [0.5, 0.6) is 5.75 Å². The number of hydrogen-bond acceptors (Lipinski definition) is 3. The molecule has 0 aromatic heterocycles. The molecule has 0 spiro atoms. The van der Waals surface area contributed by atoms with Gasteiger partial charge in [0.15, 0.2) is 17.3 Å². The first-order valence-electron chi connectivity index (χ1n) is 9.63. The molecular formula is C21H31FO3. The van der Waals surface area contributed by atoms with E-state index >= 15 is 0 Å². The fourth-order valence-electron chi connectivity index (χ4n) is 3.48. The van der Waals surface area contributed by atoms with Crippen LogP contribution in [0.4, 0.5) is 4.39 Å². The predicted octanol–water partition coefficient (Wildman–Crippen LogP) is 5.48. The molecule has 140 valence electrons. The van der Waals surface area contributed by atoms with Crippen molar-refractivity contribution in [2.75, 3.05) is 13.2 Å². The van der Waals surface area contributed by atoms with E-state index in [9.17, 15) is 9.18 Å². The number of Topliss-reactive ketones (excluding diaryl/α,β-unsaturated/α-hetero) is 1. The molecule has 2 rings (SSSR count). The van der Waals surface area contributed by atoms with Crippen molar-refractivity contribution in [1.82, 2.24) is 0 Å². The molecule has 1 saturated heterocycles. The highest BCUT2D eigenvalue weighted by atomic mass is 19.1. The molecule has 25 heavy (non-hydrogen) atoms. The van der Waals surface area contributed by atoms with Gasteiger partial charge in [0, 0.05) is 18.6 Å². The quantitative estimate of drug-likeness (QED) is 0.437. The van der Waals surface area contributed by atoms with E-state index in [2.05, 4.69) is 6.92 Å². The average molecular weight is 350 g/mol. The number of halogens is 1. The monoisotopic (exact) mass is 350 g/mol. The molecule has 0 saturated carbocycles. The molecule has 1 aromatic carbocycles. The Morgan fingerprint density at radius 2 is 2.08 bits per heavy atom. The summed E-state index contributed by atoms with van der Waals surface area (Å²) in [6, 6.07) is 3.21. The molecule has 2 atom stereocenters. The first kappa shape index (κ1) is 19.9. The number of ether oxygens (including phenoxy) is 2. The van der Waals surface area contributed by atoms with E-state index in [1.54, 1.807) is 19.1 Å². The van der Waals surface area contributed by atoms with E-state index < -0.39 is 5.82 Å². The first-order chi connectivity index (χ1) is 12.1. The molecule has 0 N–H and O–H groups in total. The number of rotatable bonds is 9. The average Bonchev–Trinajstić information content (AvgIpc) is 2.61. The molecule has 1 aliphatic rings. The lowest BCUT2D eigenvalue weighted by molar-refractivity contribution is -0.0189. The smallest absolute Gasteiger partial charge is 0.168 e. The zero-order valence-corrected chi connectivity index (χ0v) is 15.8. The maximum Gasteiger partial charge on any atom is 0.168 e. The first-order valence-corrected chi connectivity index (χ1v) is 9.63. The zero-order chi connectivity index (χ0) is 18.2. The minimum Gasteiger partial charge on any atom is -0.491 e. The molecule has 1 aliphatic heterocycles. The second kappa shape index (κ2) is 9.91. The maximum atomic E-state index is 14.3. The Labute approximate surface area is 150 Å². The molecule has 4 heteroatoms. The highest BCUT2D eigenvalue weighted by Crippen LogP contribution is 2.28. The van der Waals surface area contributed by atoms with Gasteiger partial charge in [0.25, 0.3) is 0 Å². The van der Waals surface area contributed by atoms with Crippen molar-refractivity contribution in [3.63, 3.8) is 0 Å². The van der Waals surface area contributed by atoms with E-state index in [0.29, 0.717) is 30.1 Å². The van der Waals surface area contributed by atoms with Gasteiger partial charge < -0.3 is 9.47 Å². The third-order valence-electron chi connectivity index (χ3n) is 5.04. The van der Waals surface area contributed by atoms with E-state index in [1.165, 1.54) is 25.7 Å². The van der Waals surface area contributed by atoms with Gasteiger partial charge in [0.05, 0.1) is 12.7 Å². The Bertz CT molecular complexity index is 563. The summed E-state index contributed by atoms with van der Waals surface area (Å²) in [6.45, 7) is 6.81. The van der Waals surface area contributed by atoms with Crippen LogP contribution >= 0.6 is 0 Å². The van der Waals surface area contributed by atoms with Crippen LogP contribution < -0.4 is 4.74 Å². The molecular weight excluding hydrogens is 319 g/mol. The Hall–Kier alpha value is -1.42. The predicted molar refractivity (Wildman–Crippen MR) is 97.9 cm³/mol. The van der Waals surface area contributed by atoms with Crippen LogP contribution in [-0.2, 0) is 4.74 Å². The van der Waals surface area contributed by atoms with Crippen molar-refractivity contribution in [2.45, 2.75) is 71.8 Å². The summed E-state index contributed by atoms with van der Waals surface area (Å²) < 4.78 is 25.4. The van der Waals surface area contributed by atoms with Crippen LogP contribution in [0.15, 0.2) is 12.1 Å². The van der Waals surface area contributed by atoms with Crippen molar-refractivity contribution >= 4 is 5.78 Å². The minimum atomic E-state index is -0.437. The fourth-order valence-corrected chi connectivity index (χ4v) is 3.48. The van der Waals surface area contributed by atoms with E-state index in [1.807, 2.05) is 6.92 Å². The molecule has 1 heterocycles. The van der Waals surface area contributed by atoms with E-state index in [0.717, 1.165) is 19.4 Å². The van der Waals surface area contributed by atoms with Crippen LogP contribution in [0.3, 0.4) is 0 Å². The lowest BCUT2D eigenvalue weighted by Crippen LogP contribution is -2.28. The summed E-state index contributed by atoms with van der Waals surface area (Å²) in [5.41, 5.74) is 0.804. The molecule has 0 amide bonds. The molecule has 0 radical (unpaired) electrons. The number of hydrogen-bond donors (Lipinski definition) is 0. The molecule has 1 aromatic rings. The molecule has 3 nitrogen and oxygen atoms in total. The summed E-state index contributed by atoms with van der Waals surface area (Å²) >= 11 is 0. The number of carbonyl (C=O) groups is 1. The highest BCUT2D eigenvalue weighted by molar-refractivity contribution is 5.98. The summed E-state index contributed by atoms with van der Waals surface area (Å²) in [4.78, 5) is 12.6. The number of carbonyl (C=O) groups excluding carboxylic acids is 1. The van der Waals surface area contributed by atoms with Crippen molar-refractivity contribution in [3.8, 4) is 5.75 Å². The molecule has 1 fully saturated rings. The summed E-state index contributed by atoms with van der Waals surface area (Å²) in [5.74, 6) is 0.352. The van der Waals surface area contributed by atoms with Gasteiger partial charge in [-0.2, -0.15) is 0 Å². The second-order valence-electron chi connectivity index (χ2n) is 7.01. The van der Waals surface area contributed by atoms with Crippen molar-refractivity contribution in [1.29, 1.82) is 0 Å². The van der Waals surface area contributed by atoms with E-state index in [4.69, 9.17) is 9.47 Å². The zero-order valence-electron chi connectivity index (χ0n) is 15.8. The molecule has 0 bridgehead atoms. The van der Waals surface area contributed by atoms with Crippen molar-refractivity contribution < 1.29 is 18.7 Å². The second-order valence-corrected chi connectivity index (χ2v) is 7.01. The van der Waals surface area contributed by atoms with Gasteiger partial charge in [-0.05, 0) is 56.7 Å². The van der Waals surface area contributed by atoms with Crippen molar-refractivity contribution in [3.05, 3.63) is 29.1 Å². The third kappa shape index (κ3) is 5.53. The van der Waals surface area contributed by atoms with Crippen molar-refractivity contribution in [2.24, 2.45) is 5.92 Å². The number of ketones is 1. The van der Waals surface area contributed by atoms with Gasteiger partial charge in [0.1, 0.15) is 0 Å². The Morgan fingerprint density at radius 3 is 2.72 bits per heavy atom. The third-order valence-corrected chi connectivity index (χ3v) is 5.04. The Balaban J connectivity index is 1.88. The Kier molecular flexibility index (Phi) is 7.89. The summed E-state index contributed by atoms with van der Waals surface area (Å²) in [5, 5.41) is 0. The van der Waals surface area contributed by atoms with Gasteiger partial charge in [0.2, 0.25) is 0 Å². The molecule has 0 aliphatic carbocycles. The SMILES string of the molecule is CCCCCC1CCC(CC(=O)c2ccc(OCC)c(F)c2C)OC1. The van der Waals surface area contributed by atoms with Crippen LogP contribution in [0, 0.1) is 18.7 Å². The van der Waals surface area contributed by atoms with Crippen LogP contribution in [-0.4, -0.2) is 25.1 Å². The van der Waals surface area contributed by atoms with Gasteiger partial charge in [-0.15, -0.1) is 0 Å². The van der Waals surface area contributed by atoms with Gasteiger partial charge in [-0.25, -0.2) is 4.39 Å². The summed E-state index contributed by atoms with van der Waals surface area (Å²) in [6.07, 6.45) is 7.33. The lowest BCUT2D eigenvalue weighted by Gasteiger charge is -2.29. The van der Waals surface area contributed by atoms with Crippen LogP contribution in [0.1, 0.15) is 74.7 Å². The highest BCUT2D eigenvalue weighted by Gasteiger charge is 2.25. The topological polar surface area (TPSA) is 35.5 Å². The summed E-state index contributed by atoms with van der Waals surface area (Å²) in [7, 11) is 0. The standard InChI is InChI=1S/C21H31FO3/c1-4-6-7-8-16-9-10-17(25-14-16)13-19(23)18-11-12-20(24-5-2)21(22)15(18)3/h11-12,16-17H,4-10,13-14H2,1-3H3. The Morgan fingerprint density at radius 1 is 1.28 bits per heavy atom. The van der Waals surface area contributed by atoms with Crippen LogP contribution in [0.25, 0.3) is 0 Å². The lowest BCUT2D eigenvalue weighted by atomic mass is 9.90. The number of benzene rings is 1. The van der Waals surface area contributed by atoms with Gasteiger partial charge >= 0.3 is 0 Å². The normalized spacial score (nSPS) is 20.5. The maximum absolute atomic E-state index is 14.3. The van der Waals surface area contributed by atoms with Gasteiger partial charge in [-0.1, -0.05) is 26.2 Å². The largest absolute Gasteiger partial charge is 0.491 e.